The molecule has 1 aromatic carbocycles. The molecule has 5 nitrogen and oxygen atoms in total. The van der Waals surface area contributed by atoms with Crippen molar-refractivity contribution in [3.63, 3.8) is 0 Å². The van der Waals surface area contributed by atoms with Crippen LogP contribution in [-0.4, -0.2) is 28.5 Å². The molecule has 0 N–H and O–H groups in total. The number of imide groups is 1. The number of benzene rings is 1. The largest absolute Gasteiger partial charge is 0.333 e. The van der Waals surface area contributed by atoms with Gasteiger partial charge in [-0.25, -0.2) is 9.18 Å². The molecule has 5 aliphatic rings. The molecule has 1 aliphatic heterocycles. The molecule has 6 rings (SSSR count). The first kappa shape index (κ1) is 16.0. The zero-order chi connectivity index (χ0) is 18.1. The number of hydrogen-bond donors (Lipinski definition) is 0. The quantitative estimate of drug-likeness (QED) is 0.778. The van der Waals surface area contributed by atoms with Crippen LogP contribution in [-0.2, 0) is 9.63 Å². The first-order valence-electron chi connectivity index (χ1n) is 9.24. The first-order valence-corrected chi connectivity index (χ1v) is 9.24. The third kappa shape index (κ3) is 2.31. The fourth-order valence-electron chi connectivity index (χ4n) is 6.23. The highest BCUT2D eigenvalue weighted by Crippen LogP contribution is 2.64. The number of rotatable bonds is 3. The van der Waals surface area contributed by atoms with Crippen molar-refractivity contribution >= 4 is 17.8 Å². The van der Waals surface area contributed by atoms with Gasteiger partial charge in [-0.1, -0.05) is 17.2 Å². The van der Waals surface area contributed by atoms with Crippen LogP contribution in [0.3, 0.4) is 0 Å². The van der Waals surface area contributed by atoms with Gasteiger partial charge in [0.1, 0.15) is 5.67 Å². The molecule has 136 valence electrons. The van der Waals surface area contributed by atoms with Gasteiger partial charge in [-0.2, -0.15) is 0 Å². The van der Waals surface area contributed by atoms with Crippen LogP contribution < -0.4 is 0 Å². The second-order valence-corrected chi connectivity index (χ2v) is 8.70. The summed E-state index contributed by atoms with van der Waals surface area (Å²) >= 11 is 0. The van der Waals surface area contributed by atoms with E-state index in [1.54, 1.807) is 12.1 Å². The lowest BCUT2D eigenvalue weighted by atomic mass is 9.48. The number of nitrogens with zero attached hydrogens (tertiary/aromatic N) is 1. The molecule has 2 atom stereocenters. The van der Waals surface area contributed by atoms with Crippen LogP contribution in [0.5, 0.6) is 0 Å². The van der Waals surface area contributed by atoms with Crippen LogP contribution in [0.15, 0.2) is 24.3 Å². The lowest BCUT2D eigenvalue weighted by Crippen LogP contribution is -2.54. The molecule has 4 aliphatic carbocycles. The van der Waals surface area contributed by atoms with Crippen molar-refractivity contribution in [1.29, 1.82) is 0 Å². The monoisotopic (exact) mass is 357 g/mol. The van der Waals surface area contributed by atoms with E-state index in [1.165, 1.54) is 12.1 Å². The smallest absolute Gasteiger partial charge is 0.330 e. The maximum absolute atomic E-state index is 15.0. The highest BCUT2D eigenvalue weighted by atomic mass is 19.1. The lowest BCUT2D eigenvalue weighted by molar-refractivity contribution is -0.180. The van der Waals surface area contributed by atoms with E-state index in [0.717, 1.165) is 19.3 Å². The summed E-state index contributed by atoms with van der Waals surface area (Å²) in [6, 6.07) is 6.39. The predicted molar refractivity (Wildman–Crippen MR) is 88.6 cm³/mol. The fourth-order valence-corrected chi connectivity index (χ4v) is 6.23. The molecule has 4 fully saturated rings. The fraction of sp³-hybridized carbons (Fsp3) is 0.550. The van der Waals surface area contributed by atoms with Gasteiger partial charge < -0.3 is 4.84 Å². The van der Waals surface area contributed by atoms with Crippen molar-refractivity contribution in [3.8, 4) is 0 Å². The molecule has 4 bridgehead atoms. The Morgan fingerprint density at radius 3 is 2.19 bits per heavy atom. The molecular formula is C20H20FNO4. The molecule has 0 aromatic heterocycles. The number of amides is 2. The number of fused-ring (bicyclic) bond motifs is 1. The molecular weight excluding hydrogens is 337 g/mol. The summed E-state index contributed by atoms with van der Waals surface area (Å²) in [6.07, 6.45) is 4.42. The van der Waals surface area contributed by atoms with Gasteiger partial charge in [0.05, 0.1) is 17.5 Å². The third-order valence-electron chi connectivity index (χ3n) is 6.58. The topological polar surface area (TPSA) is 63.7 Å². The standard InChI is InChI=1S/C20H20FNO4/c21-20-8-12-5-13(9-20)7-19(6-12,11-20)10-16(23)26-22-17(24)14-3-1-2-4-15(14)18(22)25/h1-4,12-13H,5-11H2. The van der Waals surface area contributed by atoms with Gasteiger partial charge in [0, 0.05) is 0 Å². The molecule has 0 radical (unpaired) electrons. The van der Waals surface area contributed by atoms with Crippen molar-refractivity contribution in [2.45, 2.75) is 50.6 Å². The van der Waals surface area contributed by atoms with Gasteiger partial charge in [0.25, 0.3) is 11.8 Å². The predicted octanol–water partition coefficient (Wildman–Crippen LogP) is 3.44. The molecule has 1 heterocycles. The van der Waals surface area contributed by atoms with Crippen LogP contribution in [0.4, 0.5) is 4.39 Å². The average molecular weight is 357 g/mol. The van der Waals surface area contributed by atoms with E-state index in [-0.39, 0.29) is 23.0 Å². The highest BCUT2D eigenvalue weighted by molar-refractivity contribution is 6.20. The van der Waals surface area contributed by atoms with Crippen molar-refractivity contribution < 1.29 is 23.6 Å². The van der Waals surface area contributed by atoms with Crippen LogP contribution in [0, 0.1) is 17.3 Å². The van der Waals surface area contributed by atoms with E-state index in [0.29, 0.717) is 36.2 Å². The second-order valence-electron chi connectivity index (χ2n) is 8.70. The molecule has 0 saturated heterocycles. The van der Waals surface area contributed by atoms with Crippen LogP contribution in [0.25, 0.3) is 0 Å². The SMILES string of the molecule is O=C(CC12CC3CC(CC(F)(C3)C1)C2)ON1C(=O)c2ccccc2C1=O. The number of hydroxylamine groups is 2. The Labute approximate surface area is 150 Å². The van der Waals surface area contributed by atoms with E-state index >= 15 is 4.39 Å². The minimum absolute atomic E-state index is 0.0685. The van der Waals surface area contributed by atoms with E-state index in [9.17, 15) is 14.4 Å². The van der Waals surface area contributed by atoms with Gasteiger partial charge in [-0.15, -0.1) is 0 Å². The summed E-state index contributed by atoms with van der Waals surface area (Å²) < 4.78 is 15.0. The zero-order valence-electron chi connectivity index (χ0n) is 14.4. The van der Waals surface area contributed by atoms with Crippen molar-refractivity contribution in [3.05, 3.63) is 35.4 Å². The summed E-state index contributed by atoms with van der Waals surface area (Å²) in [5, 5.41) is 0.554. The van der Waals surface area contributed by atoms with Crippen LogP contribution in [0.2, 0.25) is 0 Å². The van der Waals surface area contributed by atoms with Crippen LogP contribution >= 0.6 is 0 Å². The van der Waals surface area contributed by atoms with Crippen molar-refractivity contribution in [1.82, 2.24) is 5.06 Å². The molecule has 6 heteroatoms. The number of carbonyl (C=O) groups is 3. The van der Waals surface area contributed by atoms with Gasteiger partial charge in [0.2, 0.25) is 0 Å². The molecule has 26 heavy (non-hydrogen) atoms. The maximum atomic E-state index is 15.0. The van der Waals surface area contributed by atoms with Gasteiger partial charge >= 0.3 is 5.97 Å². The number of halogens is 1. The molecule has 4 saturated carbocycles. The summed E-state index contributed by atoms with van der Waals surface area (Å²) in [5.74, 6) is -1.18. The Kier molecular flexibility index (Phi) is 3.16. The van der Waals surface area contributed by atoms with E-state index < -0.39 is 23.5 Å². The van der Waals surface area contributed by atoms with Crippen molar-refractivity contribution in [2.24, 2.45) is 17.3 Å². The molecule has 0 spiro atoms. The minimum Gasteiger partial charge on any atom is -0.330 e. The Balaban J connectivity index is 1.32. The molecule has 1 aromatic rings. The highest BCUT2D eigenvalue weighted by Gasteiger charge is 2.59. The Morgan fingerprint density at radius 1 is 1.08 bits per heavy atom. The number of alkyl halides is 1. The summed E-state index contributed by atoms with van der Waals surface area (Å²) in [7, 11) is 0. The molecule has 2 unspecified atom stereocenters. The van der Waals surface area contributed by atoms with Crippen LogP contribution in [0.1, 0.15) is 65.7 Å². The van der Waals surface area contributed by atoms with E-state index in [4.69, 9.17) is 4.84 Å². The Hall–Kier alpha value is -2.24. The van der Waals surface area contributed by atoms with E-state index in [1.807, 2.05) is 0 Å². The lowest BCUT2D eigenvalue weighted by Gasteiger charge is -2.58. The zero-order valence-corrected chi connectivity index (χ0v) is 14.4. The summed E-state index contributed by atoms with van der Waals surface area (Å²) in [5.41, 5.74) is -1.06. The molecule has 2 amide bonds. The summed E-state index contributed by atoms with van der Waals surface area (Å²) in [6.45, 7) is 0. The van der Waals surface area contributed by atoms with Gasteiger partial charge in [-0.05, 0) is 67.9 Å². The second kappa shape index (κ2) is 5.15. The third-order valence-corrected chi connectivity index (χ3v) is 6.58. The summed E-state index contributed by atoms with van der Waals surface area (Å²) in [4.78, 5) is 42.4. The van der Waals surface area contributed by atoms with Gasteiger partial charge in [-0.3, -0.25) is 9.59 Å². The minimum atomic E-state index is -1.15. The number of hydrogen-bond acceptors (Lipinski definition) is 4. The average Bonchev–Trinajstić information content (AvgIpc) is 2.77. The Bertz CT molecular complexity index is 786. The van der Waals surface area contributed by atoms with Crippen molar-refractivity contribution in [2.75, 3.05) is 0 Å². The van der Waals surface area contributed by atoms with Gasteiger partial charge in [0.15, 0.2) is 0 Å². The number of carbonyl (C=O) groups excluding carboxylic acids is 3. The Morgan fingerprint density at radius 2 is 1.65 bits per heavy atom. The maximum Gasteiger partial charge on any atom is 0.333 e. The normalized spacial score (nSPS) is 37.2. The van der Waals surface area contributed by atoms with E-state index in [2.05, 4.69) is 0 Å². The first-order chi connectivity index (χ1) is 12.4.